The Hall–Kier alpha value is -3.45. The van der Waals surface area contributed by atoms with E-state index < -0.39 is 15.7 Å². The number of benzene rings is 4. The van der Waals surface area contributed by atoms with Gasteiger partial charge in [-0.1, -0.05) is 109 Å². The van der Waals surface area contributed by atoms with Crippen LogP contribution in [0.3, 0.4) is 0 Å². The molecule has 0 aliphatic heterocycles. The highest BCUT2D eigenvalue weighted by Gasteiger charge is 2.37. The zero-order valence-corrected chi connectivity index (χ0v) is 28.4. The van der Waals surface area contributed by atoms with E-state index in [1.165, 1.54) is 12.1 Å². The van der Waals surface area contributed by atoms with Gasteiger partial charge in [0.05, 0.1) is 84.2 Å². The molecule has 4 aromatic carbocycles. The van der Waals surface area contributed by atoms with Gasteiger partial charge < -0.3 is 28.4 Å². The number of ether oxygens (including phenoxy) is 6. The molecule has 0 unspecified atom stereocenters. The largest absolute Gasteiger partial charge is 0.377 e. The van der Waals surface area contributed by atoms with Crippen molar-refractivity contribution in [2.75, 3.05) is 79.3 Å². The molecular formula is C38H46O9S. The molecular weight excluding hydrogens is 632 g/mol. The van der Waals surface area contributed by atoms with Crippen LogP contribution in [-0.4, -0.2) is 87.7 Å². The quantitative estimate of drug-likeness (QED) is 0.0518. The number of hydrogen-bond donors (Lipinski definition) is 0. The first kappa shape index (κ1) is 37.4. The van der Waals surface area contributed by atoms with Crippen molar-refractivity contribution in [1.29, 1.82) is 0 Å². The number of rotatable bonds is 24. The van der Waals surface area contributed by atoms with Gasteiger partial charge in [0, 0.05) is 0 Å². The molecule has 0 fully saturated rings. The van der Waals surface area contributed by atoms with E-state index in [1.807, 2.05) is 61.5 Å². The molecule has 0 radical (unpaired) electrons. The molecule has 4 aromatic rings. The van der Waals surface area contributed by atoms with Crippen molar-refractivity contribution in [2.24, 2.45) is 0 Å². The molecule has 4 rings (SSSR count). The summed E-state index contributed by atoms with van der Waals surface area (Å²) in [4.78, 5) is 0.130. The van der Waals surface area contributed by atoms with Crippen molar-refractivity contribution in [1.82, 2.24) is 0 Å². The Labute approximate surface area is 284 Å². The minimum atomic E-state index is -3.78. The first-order valence-corrected chi connectivity index (χ1v) is 17.6. The normalized spacial score (nSPS) is 11.9. The van der Waals surface area contributed by atoms with Gasteiger partial charge in [-0.2, -0.15) is 8.42 Å². The molecule has 0 aliphatic rings. The smallest absolute Gasteiger partial charge is 0.297 e. The molecule has 0 saturated carbocycles. The van der Waals surface area contributed by atoms with Crippen molar-refractivity contribution in [2.45, 2.75) is 17.4 Å². The summed E-state index contributed by atoms with van der Waals surface area (Å²) in [5.74, 6) is 0. The van der Waals surface area contributed by atoms with E-state index in [9.17, 15) is 8.42 Å². The minimum absolute atomic E-state index is 0.0599. The fraction of sp³-hybridized carbons (Fsp3) is 0.368. The summed E-state index contributed by atoms with van der Waals surface area (Å²) in [6.45, 7) is 6.15. The fourth-order valence-corrected chi connectivity index (χ4v) is 5.87. The topological polar surface area (TPSA) is 98.8 Å². The van der Waals surface area contributed by atoms with Gasteiger partial charge in [0.2, 0.25) is 0 Å². The van der Waals surface area contributed by atoms with Gasteiger partial charge in [0.1, 0.15) is 5.60 Å². The maximum absolute atomic E-state index is 12.1. The molecule has 0 aromatic heterocycles. The first-order valence-electron chi connectivity index (χ1n) is 16.2. The molecule has 0 amide bonds. The van der Waals surface area contributed by atoms with Gasteiger partial charge in [0.25, 0.3) is 10.1 Å². The zero-order valence-electron chi connectivity index (χ0n) is 27.5. The lowest BCUT2D eigenvalue weighted by molar-refractivity contribution is -0.0392. The molecule has 9 nitrogen and oxygen atoms in total. The monoisotopic (exact) mass is 678 g/mol. The zero-order chi connectivity index (χ0) is 33.8. The average Bonchev–Trinajstić information content (AvgIpc) is 3.12. The van der Waals surface area contributed by atoms with Crippen molar-refractivity contribution >= 4 is 10.1 Å². The Morgan fingerprint density at radius 1 is 0.438 bits per heavy atom. The molecule has 0 aliphatic carbocycles. The summed E-state index contributed by atoms with van der Waals surface area (Å²) in [6.07, 6.45) is 0. The molecule has 0 heterocycles. The van der Waals surface area contributed by atoms with E-state index in [-0.39, 0.29) is 18.1 Å². The number of aryl methyl sites for hydroxylation is 1. The van der Waals surface area contributed by atoms with Gasteiger partial charge in [-0.25, -0.2) is 0 Å². The van der Waals surface area contributed by atoms with Crippen molar-refractivity contribution in [3.8, 4) is 0 Å². The molecule has 0 saturated heterocycles. The highest BCUT2D eigenvalue weighted by Crippen LogP contribution is 2.40. The highest BCUT2D eigenvalue weighted by molar-refractivity contribution is 7.86. The highest BCUT2D eigenvalue weighted by atomic mass is 32.2. The molecule has 258 valence electrons. The van der Waals surface area contributed by atoms with E-state index >= 15 is 0 Å². The standard InChI is InChI=1S/C38H46O9S/c1-33-17-19-37(20-18-33)48(39,40)47-32-30-45-28-26-43-24-22-41-21-23-42-25-27-44-29-31-46-38(34-11-5-2-6-12-34,35-13-7-3-8-14-35)36-15-9-4-10-16-36/h2-20H,21-32H2,1H3. The van der Waals surface area contributed by atoms with E-state index in [4.69, 9.17) is 32.6 Å². The lowest BCUT2D eigenvalue weighted by atomic mass is 9.80. The second-order valence-corrected chi connectivity index (χ2v) is 12.4. The average molecular weight is 679 g/mol. The van der Waals surface area contributed by atoms with Gasteiger partial charge in [-0.3, -0.25) is 4.18 Å². The van der Waals surface area contributed by atoms with Gasteiger partial charge in [0.15, 0.2) is 0 Å². The summed E-state index contributed by atoms with van der Waals surface area (Å²) in [7, 11) is -3.78. The van der Waals surface area contributed by atoms with Crippen LogP contribution in [0, 0.1) is 6.92 Å². The van der Waals surface area contributed by atoms with Crippen LogP contribution in [0.4, 0.5) is 0 Å². The maximum Gasteiger partial charge on any atom is 0.297 e. The molecule has 0 N–H and O–H groups in total. The van der Waals surface area contributed by atoms with Crippen LogP contribution in [0.1, 0.15) is 22.3 Å². The molecule has 0 bridgehead atoms. The molecule has 0 spiro atoms. The van der Waals surface area contributed by atoms with E-state index in [2.05, 4.69) is 36.4 Å². The van der Waals surface area contributed by atoms with E-state index in [0.717, 1.165) is 22.3 Å². The van der Waals surface area contributed by atoms with Crippen LogP contribution in [0.15, 0.2) is 120 Å². The second kappa shape index (κ2) is 20.8. The molecule has 10 heteroatoms. The lowest BCUT2D eigenvalue weighted by Gasteiger charge is -2.36. The predicted molar refractivity (Wildman–Crippen MR) is 184 cm³/mol. The third-order valence-corrected chi connectivity index (χ3v) is 8.68. The third kappa shape index (κ3) is 11.9. The third-order valence-electron chi connectivity index (χ3n) is 7.35. The Kier molecular flexibility index (Phi) is 16.2. The SMILES string of the molecule is Cc1ccc(S(=O)(=O)OCCOCCOCCOCCOCCOCCOC(c2ccccc2)(c2ccccc2)c2ccccc2)cc1. The van der Waals surface area contributed by atoms with E-state index in [1.54, 1.807) is 12.1 Å². The van der Waals surface area contributed by atoms with Crippen LogP contribution in [0.25, 0.3) is 0 Å². The Morgan fingerprint density at radius 2 is 0.771 bits per heavy atom. The minimum Gasteiger partial charge on any atom is -0.377 e. The molecule has 0 atom stereocenters. The van der Waals surface area contributed by atoms with Gasteiger partial charge >= 0.3 is 0 Å². The van der Waals surface area contributed by atoms with Gasteiger partial charge in [-0.15, -0.1) is 0 Å². The van der Waals surface area contributed by atoms with Crippen LogP contribution in [0.2, 0.25) is 0 Å². The fourth-order valence-electron chi connectivity index (χ4n) is 4.98. The Balaban J connectivity index is 1.01. The van der Waals surface area contributed by atoms with Crippen molar-refractivity contribution in [3.05, 3.63) is 138 Å². The van der Waals surface area contributed by atoms with E-state index in [0.29, 0.717) is 66.1 Å². The van der Waals surface area contributed by atoms with Crippen LogP contribution in [0.5, 0.6) is 0 Å². The Morgan fingerprint density at radius 3 is 1.15 bits per heavy atom. The summed E-state index contributed by atoms with van der Waals surface area (Å²) in [5.41, 5.74) is 3.38. The maximum atomic E-state index is 12.1. The second-order valence-electron chi connectivity index (χ2n) is 10.8. The number of hydrogen-bond acceptors (Lipinski definition) is 9. The van der Waals surface area contributed by atoms with Crippen molar-refractivity contribution < 1.29 is 41.0 Å². The van der Waals surface area contributed by atoms with Crippen molar-refractivity contribution in [3.63, 3.8) is 0 Å². The van der Waals surface area contributed by atoms with Crippen LogP contribution >= 0.6 is 0 Å². The van der Waals surface area contributed by atoms with Gasteiger partial charge in [-0.05, 0) is 35.7 Å². The predicted octanol–water partition coefficient (Wildman–Crippen LogP) is 5.79. The summed E-state index contributed by atoms with van der Waals surface area (Å²) < 4.78 is 63.8. The Bertz CT molecular complexity index is 1420. The summed E-state index contributed by atoms with van der Waals surface area (Å²) in [5, 5.41) is 0. The van der Waals surface area contributed by atoms with Crippen LogP contribution < -0.4 is 0 Å². The first-order chi connectivity index (χ1) is 23.5. The summed E-state index contributed by atoms with van der Waals surface area (Å²) in [6, 6.07) is 37.3. The molecule has 48 heavy (non-hydrogen) atoms. The lowest BCUT2D eigenvalue weighted by Crippen LogP contribution is -2.34. The summed E-state index contributed by atoms with van der Waals surface area (Å²) >= 11 is 0. The van der Waals surface area contributed by atoms with Crippen LogP contribution in [-0.2, 0) is 48.3 Å².